The van der Waals surface area contributed by atoms with Gasteiger partial charge in [0.25, 0.3) is 0 Å². The number of rotatable bonds is 6. The Morgan fingerprint density at radius 3 is 2.50 bits per heavy atom. The maximum Gasteiger partial charge on any atom is 0.431 e. The zero-order valence-electron chi connectivity index (χ0n) is 9.96. The number of aliphatic carboxylic acids is 1. The van der Waals surface area contributed by atoms with Crippen LogP contribution < -0.4 is 11.2 Å². The first-order valence-corrected chi connectivity index (χ1v) is 5.30. The number of nitrogens with zero attached hydrogens (tertiary/aromatic N) is 1. The highest BCUT2D eigenvalue weighted by molar-refractivity contribution is 5.76. The lowest BCUT2D eigenvalue weighted by atomic mass is 10.2. The number of aliphatic hydroxyl groups is 1. The van der Waals surface area contributed by atoms with E-state index in [-0.39, 0.29) is 25.9 Å². The van der Waals surface area contributed by atoms with E-state index >= 15 is 0 Å². The second-order valence-electron chi connectivity index (χ2n) is 3.31. The van der Waals surface area contributed by atoms with E-state index in [0.29, 0.717) is 5.01 Å². The molecule has 9 heteroatoms. The van der Waals surface area contributed by atoms with Gasteiger partial charge in [0, 0.05) is 6.42 Å². The van der Waals surface area contributed by atoms with E-state index in [1.807, 2.05) is 5.43 Å². The molecule has 0 saturated heterocycles. The van der Waals surface area contributed by atoms with Crippen LogP contribution in [-0.2, 0) is 9.53 Å². The molecule has 1 atom stereocenters. The second-order valence-corrected chi connectivity index (χ2v) is 3.31. The van der Waals surface area contributed by atoms with Crippen molar-refractivity contribution in [2.45, 2.75) is 32.4 Å². The van der Waals surface area contributed by atoms with Crippen LogP contribution in [-0.4, -0.2) is 46.2 Å². The number of ether oxygens (including phenoxy) is 1. The number of amides is 3. The molecule has 0 rings (SSSR count). The molecule has 5 N–H and O–H groups in total. The molecule has 18 heavy (non-hydrogen) atoms. The number of nitrogens with two attached hydrogens (primary N) is 1. The van der Waals surface area contributed by atoms with Crippen molar-refractivity contribution in [2.24, 2.45) is 5.73 Å². The van der Waals surface area contributed by atoms with E-state index in [1.165, 1.54) is 0 Å². The monoisotopic (exact) mass is 263 g/mol. The number of carbonyl (C=O) groups excluding carboxylic acids is 2. The van der Waals surface area contributed by atoms with Crippen molar-refractivity contribution >= 4 is 18.1 Å². The summed E-state index contributed by atoms with van der Waals surface area (Å²) in [7, 11) is 0. The van der Waals surface area contributed by atoms with Crippen molar-refractivity contribution in [3.8, 4) is 0 Å². The number of hydrogen-bond acceptors (Lipinski definition) is 5. The van der Waals surface area contributed by atoms with Crippen molar-refractivity contribution in [1.82, 2.24) is 10.4 Å². The summed E-state index contributed by atoms with van der Waals surface area (Å²) in [6.45, 7) is 1.61. The Labute approximate surface area is 103 Å². The van der Waals surface area contributed by atoms with Gasteiger partial charge in [-0.2, -0.15) is 5.01 Å². The molecular formula is C9H17N3O6. The van der Waals surface area contributed by atoms with Gasteiger partial charge in [0.05, 0.1) is 6.61 Å². The first-order valence-electron chi connectivity index (χ1n) is 5.30. The molecule has 0 bridgehead atoms. The third-order valence-corrected chi connectivity index (χ3v) is 1.85. The van der Waals surface area contributed by atoms with Gasteiger partial charge in [-0.3, -0.25) is 4.79 Å². The summed E-state index contributed by atoms with van der Waals surface area (Å²) in [6, 6.07) is -1.04. The zero-order valence-corrected chi connectivity index (χ0v) is 9.96. The Morgan fingerprint density at radius 2 is 2.06 bits per heavy atom. The van der Waals surface area contributed by atoms with Crippen molar-refractivity contribution in [2.75, 3.05) is 6.61 Å². The number of aliphatic hydroxyl groups excluding tert-OH is 1. The van der Waals surface area contributed by atoms with Gasteiger partial charge in [0.1, 0.15) is 0 Å². The molecule has 104 valence electrons. The van der Waals surface area contributed by atoms with Crippen LogP contribution in [0.5, 0.6) is 0 Å². The minimum Gasteiger partial charge on any atom is -0.481 e. The van der Waals surface area contributed by atoms with Crippen LogP contribution in [0.15, 0.2) is 0 Å². The molecule has 9 nitrogen and oxygen atoms in total. The van der Waals surface area contributed by atoms with Crippen molar-refractivity contribution < 1.29 is 29.3 Å². The quantitative estimate of drug-likeness (QED) is 0.379. The molecular weight excluding hydrogens is 246 g/mol. The van der Waals surface area contributed by atoms with Crippen LogP contribution in [0.2, 0.25) is 0 Å². The molecule has 0 radical (unpaired) electrons. The highest BCUT2D eigenvalue weighted by Gasteiger charge is 2.24. The van der Waals surface area contributed by atoms with E-state index in [4.69, 9.17) is 10.8 Å². The summed E-state index contributed by atoms with van der Waals surface area (Å²) >= 11 is 0. The van der Waals surface area contributed by atoms with Gasteiger partial charge >= 0.3 is 18.1 Å². The number of nitrogens with one attached hydrogen (secondary N) is 1. The van der Waals surface area contributed by atoms with Gasteiger partial charge in [0.2, 0.25) is 0 Å². The fraction of sp³-hybridized carbons (Fsp3) is 0.667. The maximum absolute atomic E-state index is 11.4. The summed E-state index contributed by atoms with van der Waals surface area (Å²) < 4.78 is 4.59. The van der Waals surface area contributed by atoms with Crippen LogP contribution in [0.3, 0.4) is 0 Å². The molecule has 0 aliphatic rings. The molecule has 0 aliphatic heterocycles. The Balaban J connectivity index is 4.39. The Kier molecular flexibility index (Phi) is 7.20. The fourth-order valence-electron chi connectivity index (χ4n) is 1.12. The lowest BCUT2D eigenvalue weighted by Crippen LogP contribution is -2.53. The van der Waals surface area contributed by atoms with Crippen LogP contribution in [0.25, 0.3) is 0 Å². The predicted molar refractivity (Wildman–Crippen MR) is 59.1 cm³/mol. The summed E-state index contributed by atoms with van der Waals surface area (Å²) in [5, 5.41) is 18.6. The third-order valence-electron chi connectivity index (χ3n) is 1.85. The molecule has 1 unspecified atom stereocenters. The number of primary amides is 1. The molecule has 0 aromatic heterocycles. The summed E-state index contributed by atoms with van der Waals surface area (Å²) in [6.07, 6.45) is -2.45. The average molecular weight is 263 g/mol. The number of carbonyl (C=O) groups is 3. The first-order chi connectivity index (χ1) is 8.38. The minimum atomic E-state index is -1.41. The molecule has 0 aromatic carbocycles. The van der Waals surface area contributed by atoms with Crippen LogP contribution in [0, 0.1) is 0 Å². The van der Waals surface area contributed by atoms with Gasteiger partial charge in [0.15, 0.2) is 6.23 Å². The van der Waals surface area contributed by atoms with E-state index < -0.39 is 24.3 Å². The number of carboxylic acid groups (broad SMARTS) is 1. The highest BCUT2D eigenvalue weighted by Crippen LogP contribution is 2.06. The normalized spacial score (nSPS) is 11.4. The molecule has 0 heterocycles. The first kappa shape index (κ1) is 16.0. The smallest absolute Gasteiger partial charge is 0.431 e. The van der Waals surface area contributed by atoms with Gasteiger partial charge in [-0.15, -0.1) is 0 Å². The van der Waals surface area contributed by atoms with Gasteiger partial charge in [-0.25, -0.2) is 15.0 Å². The van der Waals surface area contributed by atoms with Crippen molar-refractivity contribution in [3.63, 3.8) is 0 Å². The number of carboxylic acids is 1. The molecule has 0 aromatic rings. The minimum absolute atomic E-state index is 0.0363. The van der Waals surface area contributed by atoms with E-state index in [2.05, 4.69) is 4.74 Å². The van der Waals surface area contributed by atoms with Crippen molar-refractivity contribution in [3.05, 3.63) is 0 Å². The van der Waals surface area contributed by atoms with E-state index in [0.717, 1.165) is 0 Å². The van der Waals surface area contributed by atoms with Gasteiger partial charge in [-0.1, -0.05) is 0 Å². The second kappa shape index (κ2) is 8.12. The SMILES string of the molecule is CCOC(=O)N(NC(N)=O)C(O)CCCC(=O)O. The number of hydrazine groups is 1. The standard InChI is InChI=1S/C9H17N3O6/c1-2-18-9(17)12(11-8(10)16)6(13)4-3-5-7(14)15/h6,13H,2-5H2,1H3,(H,14,15)(H3,10,11,16). The summed E-state index contributed by atoms with van der Waals surface area (Å²) in [5.41, 5.74) is 6.74. The van der Waals surface area contributed by atoms with Gasteiger partial charge in [-0.05, 0) is 19.8 Å². The predicted octanol–water partition coefficient (Wildman–Crippen LogP) is -0.398. The topological polar surface area (TPSA) is 142 Å². The summed E-state index contributed by atoms with van der Waals surface area (Å²) in [4.78, 5) is 32.3. The summed E-state index contributed by atoms with van der Waals surface area (Å²) in [5.74, 6) is -1.02. The molecule has 0 aliphatic carbocycles. The van der Waals surface area contributed by atoms with Crippen molar-refractivity contribution in [1.29, 1.82) is 0 Å². The maximum atomic E-state index is 11.4. The molecule has 0 fully saturated rings. The highest BCUT2D eigenvalue weighted by atomic mass is 16.6. The average Bonchev–Trinajstić information content (AvgIpc) is 2.25. The zero-order chi connectivity index (χ0) is 14.1. The van der Waals surface area contributed by atoms with Crippen LogP contribution >= 0.6 is 0 Å². The Morgan fingerprint density at radius 1 is 1.44 bits per heavy atom. The largest absolute Gasteiger partial charge is 0.481 e. The van der Waals surface area contributed by atoms with E-state index in [1.54, 1.807) is 6.92 Å². The third kappa shape index (κ3) is 6.53. The van der Waals surface area contributed by atoms with Crippen LogP contribution in [0.4, 0.5) is 9.59 Å². The number of hydrogen-bond donors (Lipinski definition) is 4. The van der Waals surface area contributed by atoms with Crippen LogP contribution in [0.1, 0.15) is 26.2 Å². The number of urea groups is 1. The molecule has 0 spiro atoms. The fourth-order valence-corrected chi connectivity index (χ4v) is 1.12. The molecule has 0 saturated carbocycles. The Bertz CT molecular complexity index is 309. The molecule has 3 amide bonds. The lowest BCUT2D eigenvalue weighted by molar-refractivity contribution is -0.137. The lowest BCUT2D eigenvalue weighted by Gasteiger charge is -2.26. The van der Waals surface area contributed by atoms with E-state index in [9.17, 15) is 19.5 Å². The van der Waals surface area contributed by atoms with Gasteiger partial charge < -0.3 is 20.7 Å². The Hall–Kier alpha value is -2.03.